The second-order valence-corrected chi connectivity index (χ2v) is 10.00. The molecule has 0 spiro atoms. The molecule has 1 aliphatic rings. The fourth-order valence-electron chi connectivity index (χ4n) is 3.55. The van der Waals surface area contributed by atoms with Gasteiger partial charge in [-0.1, -0.05) is 24.3 Å². The van der Waals surface area contributed by atoms with Crippen molar-refractivity contribution in [1.29, 1.82) is 0 Å². The van der Waals surface area contributed by atoms with Crippen LogP contribution in [0.3, 0.4) is 0 Å². The number of nitrogens with zero attached hydrogens (tertiary/aromatic N) is 2. The first-order valence-corrected chi connectivity index (χ1v) is 11.5. The van der Waals surface area contributed by atoms with Crippen molar-refractivity contribution < 1.29 is 17.2 Å². The maximum Gasteiger partial charge on any atom is 0.341 e. The molecule has 1 aromatic heterocycles. The van der Waals surface area contributed by atoms with Gasteiger partial charge in [0, 0.05) is 12.5 Å². The van der Waals surface area contributed by atoms with Crippen LogP contribution in [0, 0.1) is 0 Å². The van der Waals surface area contributed by atoms with Crippen LogP contribution in [-0.2, 0) is 16.4 Å². The first kappa shape index (κ1) is 19.4. The Labute approximate surface area is 166 Å². The third-order valence-electron chi connectivity index (χ3n) is 5.14. The number of sulfone groups is 1. The molecule has 2 heterocycles. The standard InChI is InChI=1S/C20H20F2N2O2S2/c21-20(22)28(25,26)16-7-5-14(6-8-16)13-24-11-9-15(10-12-24)19-23-17-3-1-2-4-18(17)27-19/h1-8,15,20H,9-13H2. The molecule has 0 atom stereocenters. The summed E-state index contributed by atoms with van der Waals surface area (Å²) in [5.41, 5.74) is 1.98. The SMILES string of the molecule is O=S(=O)(c1ccc(CN2CCC(c3nc4ccccc4s3)CC2)cc1)C(F)F. The monoisotopic (exact) mass is 422 g/mol. The molecule has 0 aliphatic carbocycles. The van der Waals surface area contributed by atoms with Gasteiger partial charge in [0.1, 0.15) is 0 Å². The fraction of sp³-hybridized carbons (Fsp3) is 0.350. The summed E-state index contributed by atoms with van der Waals surface area (Å²) in [6.07, 6.45) is 2.05. The van der Waals surface area contributed by atoms with Gasteiger partial charge < -0.3 is 0 Å². The highest BCUT2D eigenvalue weighted by atomic mass is 32.2. The Kier molecular flexibility index (Phi) is 5.44. The molecule has 148 valence electrons. The second kappa shape index (κ2) is 7.85. The first-order valence-electron chi connectivity index (χ1n) is 9.12. The van der Waals surface area contributed by atoms with Gasteiger partial charge in [-0.25, -0.2) is 13.4 Å². The van der Waals surface area contributed by atoms with Crippen molar-refractivity contribution in [3.63, 3.8) is 0 Å². The molecular weight excluding hydrogens is 402 g/mol. The average Bonchev–Trinajstić information content (AvgIpc) is 3.13. The molecule has 2 aromatic carbocycles. The van der Waals surface area contributed by atoms with Gasteiger partial charge in [-0.3, -0.25) is 4.90 Å². The summed E-state index contributed by atoms with van der Waals surface area (Å²) in [4.78, 5) is 6.75. The number of hydrogen-bond acceptors (Lipinski definition) is 5. The van der Waals surface area contributed by atoms with Crippen molar-refractivity contribution in [3.05, 3.63) is 59.1 Å². The second-order valence-electron chi connectivity index (χ2n) is 7.02. The van der Waals surface area contributed by atoms with Gasteiger partial charge in [0.05, 0.1) is 20.1 Å². The van der Waals surface area contributed by atoms with Gasteiger partial charge in [-0.2, -0.15) is 8.78 Å². The number of para-hydroxylation sites is 1. The van der Waals surface area contributed by atoms with E-state index in [1.54, 1.807) is 23.5 Å². The summed E-state index contributed by atoms with van der Waals surface area (Å²) in [7, 11) is -4.53. The van der Waals surface area contributed by atoms with Crippen molar-refractivity contribution in [2.75, 3.05) is 13.1 Å². The predicted molar refractivity (Wildman–Crippen MR) is 107 cm³/mol. The van der Waals surface area contributed by atoms with Crippen LogP contribution in [-0.4, -0.2) is 37.1 Å². The summed E-state index contributed by atoms with van der Waals surface area (Å²) in [6.45, 7) is 2.54. The maximum absolute atomic E-state index is 12.6. The van der Waals surface area contributed by atoms with Crippen LogP contribution in [0.5, 0.6) is 0 Å². The molecule has 28 heavy (non-hydrogen) atoms. The van der Waals surface area contributed by atoms with E-state index in [1.165, 1.54) is 21.8 Å². The maximum atomic E-state index is 12.6. The molecule has 0 bridgehead atoms. The molecule has 1 aliphatic heterocycles. The summed E-state index contributed by atoms with van der Waals surface area (Å²) in [5.74, 6) is -2.92. The predicted octanol–water partition coefficient (Wildman–Crippen LogP) is 4.67. The number of thiazole rings is 1. The van der Waals surface area contributed by atoms with Crippen LogP contribution in [0.1, 0.15) is 29.3 Å². The number of fused-ring (bicyclic) bond motifs is 1. The van der Waals surface area contributed by atoms with E-state index in [-0.39, 0.29) is 4.90 Å². The highest BCUT2D eigenvalue weighted by Gasteiger charge is 2.27. The van der Waals surface area contributed by atoms with Gasteiger partial charge in [0.15, 0.2) is 0 Å². The number of aromatic nitrogens is 1. The molecule has 4 nitrogen and oxygen atoms in total. The number of hydrogen-bond donors (Lipinski definition) is 0. The van der Waals surface area contributed by atoms with Crippen LogP contribution in [0.4, 0.5) is 8.78 Å². The van der Waals surface area contributed by atoms with Crippen LogP contribution >= 0.6 is 11.3 Å². The minimum Gasteiger partial charge on any atom is -0.299 e. The number of halogens is 2. The number of piperidine rings is 1. The lowest BCUT2D eigenvalue weighted by Crippen LogP contribution is -2.32. The minimum absolute atomic E-state index is 0.333. The van der Waals surface area contributed by atoms with Crippen molar-refractivity contribution in [2.24, 2.45) is 0 Å². The molecule has 0 amide bonds. The zero-order chi connectivity index (χ0) is 19.7. The number of rotatable bonds is 5. The topological polar surface area (TPSA) is 50.3 Å². The van der Waals surface area contributed by atoms with Crippen molar-refractivity contribution >= 4 is 31.4 Å². The third kappa shape index (κ3) is 3.94. The molecule has 0 radical (unpaired) electrons. The highest BCUT2D eigenvalue weighted by Crippen LogP contribution is 2.34. The number of likely N-dealkylation sites (tertiary alicyclic amines) is 1. The Morgan fingerprint density at radius 2 is 1.75 bits per heavy atom. The smallest absolute Gasteiger partial charge is 0.299 e. The lowest BCUT2D eigenvalue weighted by atomic mass is 9.97. The lowest BCUT2D eigenvalue weighted by Gasteiger charge is -2.31. The van der Waals surface area contributed by atoms with E-state index >= 15 is 0 Å². The Morgan fingerprint density at radius 3 is 2.39 bits per heavy atom. The zero-order valence-electron chi connectivity index (χ0n) is 15.1. The van der Waals surface area contributed by atoms with E-state index in [9.17, 15) is 17.2 Å². The van der Waals surface area contributed by atoms with Crippen molar-refractivity contribution in [3.8, 4) is 0 Å². The molecule has 8 heteroatoms. The molecule has 1 saturated heterocycles. The molecule has 4 rings (SSSR count). The van der Waals surface area contributed by atoms with E-state index < -0.39 is 15.6 Å². The molecular formula is C20H20F2N2O2S2. The van der Waals surface area contributed by atoms with E-state index in [1.807, 2.05) is 18.2 Å². The Morgan fingerprint density at radius 1 is 1.07 bits per heavy atom. The highest BCUT2D eigenvalue weighted by molar-refractivity contribution is 7.91. The third-order valence-corrected chi connectivity index (χ3v) is 7.74. The van der Waals surface area contributed by atoms with Crippen LogP contribution < -0.4 is 0 Å². The zero-order valence-corrected chi connectivity index (χ0v) is 16.7. The van der Waals surface area contributed by atoms with E-state index in [0.717, 1.165) is 37.0 Å². The van der Waals surface area contributed by atoms with Crippen LogP contribution in [0.2, 0.25) is 0 Å². The Hall–Kier alpha value is -1.90. The normalized spacial score (nSPS) is 16.8. The van der Waals surface area contributed by atoms with Gasteiger partial charge in [-0.05, 0) is 55.8 Å². The average molecular weight is 423 g/mol. The fourth-order valence-corrected chi connectivity index (χ4v) is 5.41. The summed E-state index contributed by atoms with van der Waals surface area (Å²) in [6, 6.07) is 14.0. The van der Waals surface area contributed by atoms with E-state index in [0.29, 0.717) is 12.5 Å². The summed E-state index contributed by atoms with van der Waals surface area (Å²) in [5, 5.41) is 1.20. The molecule has 0 N–H and O–H groups in total. The van der Waals surface area contributed by atoms with E-state index in [2.05, 4.69) is 11.0 Å². The van der Waals surface area contributed by atoms with E-state index in [4.69, 9.17) is 4.98 Å². The molecule has 0 saturated carbocycles. The first-order chi connectivity index (χ1) is 13.4. The Balaban J connectivity index is 1.36. The number of alkyl halides is 2. The summed E-state index contributed by atoms with van der Waals surface area (Å²) >= 11 is 1.77. The van der Waals surface area contributed by atoms with Crippen molar-refractivity contribution in [1.82, 2.24) is 9.88 Å². The van der Waals surface area contributed by atoms with Crippen LogP contribution in [0.15, 0.2) is 53.4 Å². The lowest BCUT2D eigenvalue weighted by molar-refractivity contribution is 0.204. The molecule has 0 unspecified atom stereocenters. The molecule has 1 fully saturated rings. The van der Waals surface area contributed by atoms with Gasteiger partial charge in [-0.15, -0.1) is 11.3 Å². The minimum atomic E-state index is -4.53. The van der Waals surface area contributed by atoms with Crippen LogP contribution in [0.25, 0.3) is 10.2 Å². The largest absolute Gasteiger partial charge is 0.341 e. The van der Waals surface area contributed by atoms with Gasteiger partial charge >= 0.3 is 5.76 Å². The number of benzene rings is 2. The quantitative estimate of drug-likeness (QED) is 0.599. The van der Waals surface area contributed by atoms with Crippen molar-refractivity contribution in [2.45, 2.75) is 36.0 Å². The van der Waals surface area contributed by atoms with Gasteiger partial charge in [0.2, 0.25) is 9.84 Å². The Bertz CT molecular complexity index is 1020. The molecule has 3 aromatic rings. The van der Waals surface area contributed by atoms with Gasteiger partial charge in [0.25, 0.3) is 0 Å². The summed E-state index contributed by atoms with van der Waals surface area (Å²) < 4.78 is 49.5.